The SMILES string of the molecule is O=C(O[C@@H]1CC2CC[N+]1(CCOc1ccccc1)CC2)C(c1cccs1)c1cccs1. The molecule has 162 valence electrons. The Labute approximate surface area is 191 Å². The van der Waals surface area contributed by atoms with Crippen molar-refractivity contribution in [3.63, 3.8) is 0 Å². The number of esters is 1. The first-order valence-electron chi connectivity index (χ1n) is 11.0. The summed E-state index contributed by atoms with van der Waals surface area (Å²) in [5.41, 5.74) is 0. The second-order valence-corrected chi connectivity index (χ2v) is 10.5. The van der Waals surface area contributed by atoms with Crippen molar-refractivity contribution in [1.29, 1.82) is 0 Å². The fourth-order valence-electron chi connectivity index (χ4n) is 5.04. The molecule has 31 heavy (non-hydrogen) atoms. The molecule has 6 rings (SSSR count). The Morgan fingerprint density at radius 1 is 0.968 bits per heavy atom. The van der Waals surface area contributed by atoms with Crippen LogP contribution in [0.25, 0.3) is 0 Å². The van der Waals surface area contributed by atoms with Crippen LogP contribution in [0.2, 0.25) is 0 Å². The van der Waals surface area contributed by atoms with Crippen molar-refractivity contribution < 1.29 is 18.8 Å². The zero-order valence-electron chi connectivity index (χ0n) is 17.5. The van der Waals surface area contributed by atoms with Crippen LogP contribution in [0.15, 0.2) is 65.4 Å². The fraction of sp³-hybridized carbons (Fsp3) is 0.400. The van der Waals surface area contributed by atoms with E-state index in [0.717, 1.165) is 46.0 Å². The van der Waals surface area contributed by atoms with Crippen LogP contribution in [0.5, 0.6) is 5.75 Å². The van der Waals surface area contributed by atoms with Gasteiger partial charge in [-0.3, -0.25) is 9.28 Å². The van der Waals surface area contributed by atoms with Crippen molar-refractivity contribution >= 4 is 28.6 Å². The topological polar surface area (TPSA) is 35.5 Å². The Balaban J connectivity index is 1.31. The molecule has 0 aliphatic carbocycles. The molecule has 0 N–H and O–H groups in total. The lowest BCUT2D eigenvalue weighted by Gasteiger charge is -2.53. The molecule has 3 fully saturated rings. The van der Waals surface area contributed by atoms with E-state index in [2.05, 4.69) is 0 Å². The average molecular weight is 455 g/mol. The van der Waals surface area contributed by atoms with Crippen molar-refractivity contribution in [3.05, 3.63) is 75.1 Å². The minimum atomic E-state index is -0.317. The molecule has 1 aromatic carbocycles. The molecule has 4 nitrogen and oxygen atoms in total. The first-order valence-corrected chi connectivity index (χ1v) is 12.8. The van der Waals surface area contributed by atoms with Gasteiger partial charge in [-0.2, -0.15) is 0 Å². The highest BCUT2D eigenvalue weighted by atomic mass is 32.1. The second kappa shape index (κ2) is 9.15. The zero-order chi connectivity index (χ0) is 21.1. The largest absolute Gasteiger partial charge is 0.488 e. The summed E-state index contributed by atoms with van der Waals surface area (Å²) in [6.07, 6.45) is 3.34. The summed E-state index contributed by atoms with van der Waals surface area (Å²) in [5, 5.41) is 4.06. The molecule has 3 saturated heterocycles. The number of thiophene rings is 2. The number of para-hydroxylation sites is 1. The van der Waals surface area contributed by atoms with Gasteiger partial charge in [-0.05, 0) is 40.9 Å². The minimum Gasteiger partial charge on any atom is -0.488 e. The van der Waals surface area contributed by atoms with Gasteiger partial charge in [-0.15, -0.1) is 22.7 Å². The molecule has 3 aromatic rings. The Hall–Kier alpha value is -2.15. The quantitative estimate of drug-likeness (QED) is 0.332. The normalized spacial score (nSPS) is 24.9. The van der Waals surface area contributed by atoms with E-state index in [-0.39, 0.29) is 18.1 Å². The number of benzene rings is 1. The molecule has 3 aliphatic rings. The summed E-state index contributed by atoms with van der Waals surface area (Å²) in [4.78, 5) is 15.6. The van der Waals surface area contributed by atoms with Crippen LogP contribution in [-0.4, -0.2) is 42.9 Å². The van der Waals surface area contributed by atoms with Crippen molar-refractivity contribution in [3.8, 4) is 5.75 Å². The highest BCUT2D eigenvalue weighted by molar-refractivity contribution is 7.11. The number of ether oxygens (including phenoxy) is 2. The number of carbonyl (C=O) groups excluding carboxylic acids is 1. The maximum absolute atomic E-state index is 13.5. The lowest BCUT2D eigenvalue weighted by molar-refractivity contribution is -0.984. The molecule has 0 amide bonds. The van der Waals surface area contributed by atoms with Crippen LogP contribution >= 0.6 is 22.7 Å². The standard InChI is InChI=1S/C25H28NO3S2/c27-25(24(21-8-4-16-30-21)22-9-5-17-31-22)29-23-18-19-10-12-26(23,13-11-19)14-15-28-20-6-2-1-3-7-20/h1-9,16-17,19,23-24H,10-15,18H2/q+1/t19?,23-,26?/m1/s1. The van der Waals surface area contributed by atoms with Gasteiger partial charge in [0, 0.05) is 29.0 Å². The van der Waals surface area contributed by atoms with Gasteiger partial charge < -0.3 is 9.47 Å². The van der Waals surface area contributed by atoms with Gasteiger partial charge in [-0.25, -0.2) is 0 Å². The van der Waals surface area contributed by atoms with Crippen LogP contribution in [0.4, 0.5) is 0 Å². The van der Waals surface area contributed by atoms with Crippen molar-refractivity contribution in [2.24, 2.45) is 5.92 Å². The number of hydrogen-bond donors (Lipinski definition) is 0. The second-order valence-electron chi connectivity index (χ2n) is 8.59. The summed E-state index contributed by atoms with van der Waals surface area (Å²) >= 11 is 3.25. The van der Waals surface area contributed by atoms with E-state index in [0.29, 0.717) is 12.5 Å². The lowest BCUT2D eigenvalue weighted by atomic mass is 9.84. The summed E-state index contributed by atoms with van der Waals surface area (Å²) < 4.78 is 13.2. The van der Waals surface area contributed by atoms with Gasteiger partial charge in [0.1, 0.15) is 24.8 Å². The number of rotatable bonds is 8. The third-order valence-corrected chi connectivity index (χ3v) is 8.68. The fourth-order valence-corrected chi connectivity index (χ4v) is 6.78. The van der Waals surface area contributed by atoms with Crippen molar-refractivity contribution in [2.45, 2.75) is 31.4 Å². The van der Waals surface area contributed by atoms with Crippen LogP contribution in [0.3, 0.4) is 0 Å². The zero-order valence-corrected chi connectivity index (χ0v) is 19.2. The number of quaternary nitrogens is 1. The average Bonchev–Trinajstić information content (AvgIpc) is 3.51. The van der Waals surface area contributed by atoms with E-state index >= 15 is 0 Å². The molecule has 5 heterocycles. The lowest BCUT2D eigenvalue weighted by Crippen LogP contribution is -2.66. The van der Waals surface area contributed by atoms with E-state index in [1.54, 1.807) is 22.7 Å². The first-order chi connectivity index (χ1) is 15.2. The number of hydrogen-bond acceptors (Lipinski definition) is 5. The van der Waals surface area contributed by atoms with Crippen LogP contribution in [0, 0.1) is 5.92 Å². The van der Waals surface area contributed by atoms with Gasteiger partial charge in [0.2, 0.25) is 6.23 Å². The summed E-state index contributed by atoms with van der Waals surface area (Å²) in [5.74, 6) is 1.15. The molecule has 6 heteroatoms. The predicted octanol–water partition coefficient (Wildman–Crippen LogP) is 5.52. The van der Waals surface area contributed by atoms with Crippen molar-refractivity contribution in [2.75, 3.05) is 26.2 Å². The maximum Gasteiger partial charge on any atom is 0.324 e. The molecule has 0 unspecified atom stereocenters. The molecular formula is C25H28NO3S2+. The third-order valence-electron chi connectivity index (χ3n) is 6.80. The molecule has 0 spiro atoms. The van der Waals surface area contributed by atoms with Crippen LogP contribution < -0.4 is 4.74 Å². The molecule has 2 bridgehead atoms. The van der Waals surface area contributed by atoms with Gasteiger partial charge >= 0.3 is 5.97 Å². The summed E-state index contributed by atoms with van der Waals surface area (Å²) in [6, 6.07) is 18.1. The van der Waals surface area contributed by atoms with Crippen LogP contribution in [0.1, 0.15) is 34.9 Å². The first kappa shape index (κ1) is 20.7. The summed E-state index contributed by atoms with van der Waals surface area (Å²) in [7, 11) is 0. The number of carbonyl (C=O) groups is 1. The van der Waals surface area contributed by atoms with Crippen LogP contribution in [-0.2, 0) is 9.53 Å². The van der Waals surface area contributed by atoms with E-state index in [9.17, 15) is 4.79 Å². The Kier molecular flexibility index (Phi) is 6.12. The number of piperidine rings is 3. The molecule has 1 atom stereocenters. The molecule has 0 saturated carbocycles. The van der Waals surface area contributed by atoms with E-state index in [1.165, 1.54) is 12.8 Å². The molecule has 3 aliphatic heterocycles. The molecule has 2 aromatic heterocycles. The smallest absolute Gasteiger partial charge is 0.324 e. The van der Waals surface area contributed by atoms with Gasteiger partial charge in [0.05, 0.1) is 13.1 Å². The van der Waals surface area contributed by atoms with Gasteiger partial charge in [0.15, 0.2) is 0 Å². The number of nitrogens with zero attached hydrogens (tertiary/aromatic N) is 1. The monoisotopic (exact) mass is 454 g/mol. The Morgan fingerprint density at radius 2 is 1.65 bits per heavy atom. The highest BCUT2D eigenvalue weighted by Crippen LogP contribution is 2.40. The van der Waals surface area contributed by atoms with Gasteiger partial charge in [-0.1, -0.05) is 30.3 Å². The van der Waals surface area contributed by atoms with E-state index < -0.39 is 0 Å². The third kappa shape index (κ3) is 4.43. The van der Waals surface area contributed by atoms with Crippen molar-refractivity contribution in [1.82, 2.24) is 0 Å². The molecular weight excluding hydrogens is 426 g/mol. The molecule has 0 radical (unpaired) electrons. The highest BCUT2D eigenvalue weighted by Gasteiger charge is 2.50. The number of fused-ring (bicyclic) bond motifs is 3. The Bertz CT molecular complexity index is 929. The maximum atomic E-state index is 13.5. The summed E-state index contributed by atoms with van der Waals surface area (Å²) in [6.45, 7) is 3.66. The van der Waals surface area contributed by atoms with Gasteiger partial charge in [0.25, 0.3) is 0 Å². The van der Waals surface area contributed by atoms with E-state index in [4.69, 9.17) is 9.47 Å². The van der Waals surface area contributed by atoms with E-state index in [1.807, 2.05) is 65.4 Å². The Morgan fingerprint density at radius 3 is 2.26 bits per heavy atom. The minimum absolute atomic E-state index is 0.0678. The predicted molar refractivity (Wildman–Crippen MR) is 125 cm³/mol.